The van der Waals surface area contributed by atoms with E-state index >= 15 is 0 Å². The summed E-state index contributed by atoms with van der Waals surface area (Å²) >= 11 is 0. The van der Waals surface area contributed by atoms with Gasteiger partial charge >= 0.3 is 5.97 Å². The van der Waals surface area contributed by atoms with Crippen LogP contribution in [0.5, 0.6) is 0 Å². The Hall–Kier alpha value is -1.06. The van der Waals surface area contributed by atoms with E-state index in [9.17, 15) is 9.59 Å². The molecule has 0 aromatic rings. The highest BCUT2D eigenvalue weighted by Crippen LogP contribution is 2.30. The Bertz CT molecular complexity index is 285. The van der Waals surface area contributed by atoms with E-state index in [1.807, 2.05) is 13.8 Å². The van der Waals surface area contributed by atoms with Crippen LogP contribution in [0.3, 0.4) is 0 Å². The molecule has 4 heteroatoms. The third-order valence-corrected chi connectivity index (χ3v) is 3.71. The molecule has 1 unspecified atom stereocenters. The monoisotopic (exact) mass is 255 g/mol. The molecule has 1 rings (SSSR count). The highest BCUT2D eigenvalue weighted by atomic mass is 16.4. The van der Waals surface area contributed by atoms with E-state index in [2.05, 4.69) is 0 Å². The Morgan fingerprint density at radius 2 is 1.94 bits per heavy atom. The van der Waals surface area contributed by atoms with Crippen molar-refractivity contribution < 1.29 is 14.7 Å². The number of amides is 1. The molecule has 4 nitrogen and oxygen atoms in total. The first-order chi connectivity index (χ1) is 8.54. The first kappa shape index (κ1) is 15.0. The average molecular weight is 255 g/mol. The van der Waals surface area contributed by atoms with Crippen molar-refractivity contribution in [2.75, 3.05) is 13.1 Å². The molecule has 1 fully saturated rings. The molecule has 104 valence electrons. The van der Waals surface area contributed by atoms with E-state index in [4.69, 9.17) is 5.11 Å². The van der Waals surface area contributed by atoms with Gasteiger partial charge in [0.05, 0.1) is 0 Å². The second-order valence-electron chi connectivity index (χ2n) is 5.44. The summed E-state index contributed by atoms with van der Waals surface area (Å²) in [6, 6.07) is 0. The molecule has 0 spiro atoms. The molecule has 0 bridgehead atoms. The molecule has 1 saturated carbocycles. The van der Waals surface area contributed by atoms with Crippen LogP contribution in [0, 0.1) is 11.8 Å². The normalized spacial score (nSPS) is 17.7. The third-order valence-electron chi connectivity index (χ3n) is 3.71. The van der Waals surface area contributed by atoms with Gasteiger partial charge in [0, 0.05) is 12.5 Å². The molecule has 0 radical (unpaired) electrons. The van der Waals surface area contributed by atoms with E-state index in [0.717, 1.165) is 12.8 Å². The van der Waals surface area contributed by atoms with Crippen molar-refractivity contribution in [2.45, 2.75) is 52.4 Å². The summed E-state index contributed by atoms with van der Waals surface area (Å²) in [5.41, 5.74) is 0. The van der Waals surface area contributed by atoms with Gasteiger partial charge in [-0.3, -0.25) is 9.59 Å². The number of carbonyl (C=O) groups excluding carboxylic acids is 1. The van der Waals surface area contributed by atoms with Gasteiger partial charge < -0.3 is 10.0 Å². The SMILES string of the molecule is CCCN(CC(=O)O)C(=O)C(C)CC1CCCC1. The fourth-order valence-electron chi connectivity index (χ4n) is 2.86. The van der Waals surface area contributed by atoms with Gasteiger partial charge in [-0.15, -0.1) is 0 Å². The van der Waals surface area contributed by atoms with Crippen LogP contribution in [0.1, 0.15) is 52.4 Å². The fraction of sp³-hybridized carbons (Fsp3) is 0.857. The molecular formula is C14H25NO3. The van der Waals surface area contributed by atoms with Crippen molar-refractivity contribution in [1.29, 1.82) is 0 Å². The second kappa shape index (κ2) is 7.39. The molecular weight excluding hydrogens is 230 g/mol. The van der Waals surface area contributed by atoms with Crippen molar-refractivity contribution in [2.24, 2.45) is 11.8 Å². The van der Waals surface area contributed by atoms with Crippen molar-refractivity contribution in [3.63, 3.8) is 0 Å². The van der Waals surface area contributed by atoms with Crippen molar-refractivity contribution in [1.82, 2.24) is 4.90 Å². The summed E-state index contributed by atoms with van der Waals surface area (Å²) in [4.78, 5) is 24.5. The van der Waals surface area contributed by atoms with E-state index < -0.39 is 5.97 Å². The Labute approximate surface area is 109 Å². The van der Waals surface area contributed by atoms with Gasteiger partial charge in [-0.1, -0.05) is 39.5 Å². The second-order valence-corrected chi connectivity index (χ2v) is 5.44. The van der Waals surface area contributed by atoms with Crippen LogP contribution in [0.2, 0.25) is 0 Å². The predicted molar refractivity (Wildman–Crippen MR) is 70.2 cm³/mol. The fourth-order valence-corrected chi connectivity index (χ4v) is 2.86. The molecule has 1 atom stereocenters. The van der Waals surface area contributed by atoms with Crippen molar-refractivity contribution >= 4 is 11.9 Å². The molecule has 0 aliphatic heterocycles. The summed E-state index contributed by atoms with van der Waals surface area (Å²) in [7, 11) is 0. The van der Waals surface area contributed by atoms with Gasteiger partial charge in [0.2, 0.25) is 5.91 Å². The van der Waals surface area contributed by atoms with Crippen LogP contribution in [0.25, 0.3) is 0 Å². The quantitative estimate of drug-likeness (QED) is 0.760. The van der Waals surface area contributed by atoms with Crippen LogP contribution in [-0.4, -0.2) is 35.0 Å². The zero-order valence-corrected chi connectivity index (χ0v) is 11.5. The van der Waals surface area contributed by atoms with Crippen LogP contribution >= 0.6 is 0 Å². The minimum atomic E-state index is -0.926. The molecule has 1 amide bonds. The third kappa shape index (κ3) is 4.67. The Morgan fingerprint density at radius 1 is 1.33 bits per heavy atom. The number of carboxylic acids is 1. The average Bonchev–Trinajstić information content (AvgIpc) is 2.79. The molecule has 0 aromatic heterocycles. The summed E-state index contributed by atoms with van der Waals surface area (Å²) < 4.78 is 0. The number of aliphatic carboxylic acids is 1. The maximum absolute atomic E-state index is 12.2. The maximum atomic E-state index is 12.2. The van der Waals surface area contributed by atoms with Crippen molar-refractivity contribution in [3.05, 3.63) is 0 Å². The lowest BCUT2D eigenvalue weighted by Gasteiger charge is -2.25. The van der Waals surface area contributed by atoms with Crippen LogP contribution in [0.4, 0.5) is 0 Å². The van der Waals surface area contributed by atoms with Crippen molar-refractivity contribution in [3.8, 4) is 0 Å². The zero-order valence-electron chi connectivity index (χ0n) is 11.5. The molecule has 1 aliphatic carbocycles. The molecule has 0 heterocycles. The Balaban J connectivity index is 2.48. The van der Waals surface area contributed by atoms with E-state index in [0.29, 0.717) is 12.5 Å². The van der Waals surface area contributed by atoms with Crippen LogP contribution in [-0.2, 0) is 9.59 Å². The van der Waals surface area contributed by atoms with E-state index in [1.54, 1.807) is 0 Å². The van der Waals surface area contributed by atoms with Gasteiger partial charge in [0.15, 0.2) is 0 Å². The summed E-state index contributed by atoms with van der Waals surface area (Å²) in [5.74, 6) is -0.299. The van der Waals surface area contributed by atoms with Crippen LogP contribution in [0.15, 0.2) is 0 Å². The minimum absolute atomic E-state index is 0.00569. The lowest BCUT2D eigenvalue weighted by molar-refractivity contribution is -0.146. The zero-order chi connectivity index (χ0) is 13.5. The van der Waals surface area contributed by atoms with Gasteiger partial charge in [-0.05, 0) is 18.8 Å². The molecule has 0 aromatic carbocycles. The summed E-state index contributed by atoms with van der Waals surface area (Å²) in [6.07, 6.45) is 6.72. The number of rotatable bonds is 7. The lowest BCUT2D eigenvalue weighted by atomic mass is 9.93. The first-order valence-corrected chi connectivity index (χ1v) is 7.05. The Kier molecular flexibility index (Phi) is 6.16. The first-order valence-electron chi connectivity index (χ1n) is 7.05. The highest BCUT2D eigenvalue weighted by molar-refractivity contribution is 5.82. The van der Waals surface area contributed by atoms with Gasteiger partial charge in [-0.2, -0.15) is 0 Å². The lowest BCUT2D eigenvalue weighted by Crippen LogP contribution is -2.39. The number of carbonyl (C=O) groups is 2. The smallest absolute Gasteiger partial charge is 0.323 e. The van der Waals surface area contributed by atoms with Gasteiger partial charge in [0.1, 0.15) is 6.54 Å². The molecule has 18 heavy (non-hydrogen) atoms. The van der Waals surface area contributed by atoms with Crippen LogP contribution < -0.4 is 0 Å². The number of hydrogen-bond acceptors (Lipinski definition) is 2. The van der Waals surface area contributed by atoms with E-state index in [1.165, 1.54) is 30.6 Å². The highest BCUT2D eigenvalue weighted by Gasteiger charge is 2.25. The maximum Gasteiger partial charge on any atom is 0.323 e. The summed E-state index contributed by atoms with van der Waals surface area (Å²) in [6.45, 7) is 4.27. The topological polar surface area (TPSA) is 57.6 Å². The molecule has 0 saturated heterocycles. The summed E-state index contributed by atoms with van der Waals surface area (Å²) in [5, 5.41) is 8.83. The number of nitrogens with zero attached hydrogens (tertiary/aromatic N) is 1. The number of hydrogen-bond donors (Lipinski definition) is 1. The van der Waals surface area contributed by atoms with Gasteiger partial charge in [0.25, 0.3) is 0 Å². The Morgan fingerprint density at radius 3 is 2.44 bits per heavy atom. The number of carboxylic acid groups (broad SMARTS) is 1. The molecule has 1 N–H and O–H groups in total. The standard InChI is InChI=1S/C14H25NO3/c1-3-8-15(10-13(16)17)14(18)11(2)9-12-6-4-5-7-12/h11-12H,3-10H2,1-2H3,(H,16,17). The largest absolute Gasteiger partial charge is 0.480 e. The molecule has 1 aliphatic rings. The predicted octanol–water partition coefficient (Wildman–Crippen LogP) is 2.53. The van der Waals surface area contributed by atoms with E-state index in [-0.39, 0.29) is 18.4 Å². The van der Waals surface area contributed by atoms with Gasteiger partial charge in [-0.25, -0.2) is 0 Å². The minimum Gasteiger partial charge on any atom is -0.480 e.